The van der Waals surface area contributed by atoms with Crippen molar-refractivity contribution in [2.45, 2.75) is 26.6 Å². The summed E-state index contributed by atoms with van der Waals surface area (Å²) in [5.41, 5.74) is 3.45. The third-order valence-electron chi connectivity index (χ3n) is 3.45. The number of rotatable bonds is 7. The molecular formula is C19H24ClN3O. The number of hydrogen-bond donors (Lipinski definition) is 2. The number of benzene rings is 2. The second-order valence-electron chi connectivity index (χ2n) is 5.43. The van der Waals surface area contributed by atoms with E-state index < -0.39 is 0 Å². The van der Waals surface area contributed by atoms with Crippen molar-refractivity contribution in [1.82, 2.24) is 10.6 Å². The second kappa shape index (κ2) is 9.96. The fourth-order valence-electron chi connectivity index (χ4n) is 2.25. The lowest BCUT2D eigenvalue weighted by Crippen LogP contribution is -2.36. The standard InChI is InChI=1S/C19H24ClN3O/c1-3-21-19(23-13-17-5-4-6-18(20)11-17)22-12-15-7-9-16(10-8-15)14-24-2/h4-11H,3,12-14H2,1-2H3,(H2,21,22,23). The van der Waals surface area contributed by atoms with E-state index in [1.807, 2.05) is 24.3 Å². The first kappa shape index (κ1) is 18.3. The molecule has 0 aliphatic carbocycles. The maximum absolute atomic E-state index is 6.01. The Morgan fingerprint density at radius 3 is 2.46 bits per heavy atom. The molecule has 2 aromatic carbocycles. The largest absolute Gasteiger partial charge is 0.380 e. The van der Waals surface area contributed by atoms with Gasteiger partial charge < -0.3 is 15.4 Å². The predicted octanol–water partition coefficient (Wildman–Crippen LogP) is 3.74. The van der Waals surface area contributed by atoms with Gasteiger partial charge in [0.15, 0.2) is 5.96 Å². The molecule has 0 saturated heterocycles. The minimum atomic E-state index is 0.586. The van der Waals surface area contributed by atoms with E-state index >= 15 is 0 Å². The lowest BCUT2D eigenvalue weighted by atomic mass is 10.1. The molecule has 0 spiro atoms. The summed E-state index contributed by atoms with van der Waals surface area (Å²) in [6, 6.07) is 16.1. The third kappa shape index (κ3) is 6.22. The summed E-state index contributed by atoms with van der Waals surface area (Å²) >= 11 is 6.01. The number of methoxy groups -OCH3 is 1. The fraction of sp³-hybridized carbons (Fsp3) is 0.316. The quantitative estimate of drug-likeness (QED) is 0.593. The van der Waals surface area contributed by atoms with E-state index in [2.05, 4.69) is 46.8 Å². The number of hydrogen-bond acceptors (Lipinski definition) is 2. The van der Waals surface area contributed by atoms with Gasteiger partial charge in [-0.25, -0.2) is 4.99 Å². The Hall–Kier alpha value is -2.04. The van der Waals surface area contributed by atoms with E-state index in [1.165, 1.54) is 11.1 Å². The summed E-state index contributed by atoms with van der Waals surface area (Å²) in [6.07, 6.45) is 0. The van der Waals surface area contributed by atoms with Crippen molar-refractivity contribution in [2.24, 2.45) is 4.99 Å². The van der Waals surface area contributed by atoms with Crippen LogP contribution in [0.15, 0.2) is 53.5 Å². The third-order valence-corrected chi connectivity index (χ3v) is 3.68. The van der Waals surface area contributed by atoms with Gasteiger partial charge in [-0.2, -0.15) is 0 Å². The van der Waals surface area contributed by atoms with Gasteiger partial charge in [0.2, 0.25) is 0 Å². The van der Waals surface area contributed by atoms with Crippen LogP contribution in [-0.4, -0.2) is 19.6 Å². The predicted molar refractivity (Wildman–Crippen MR) is 100 cm³/mol. The summed E-state index contributed by atoms with van der Waals surface area (Å²) in [4.78, 5) is 4.60. The van der Waals surface area contributed by atoms with Gasteiger partial charge in [0.25, 0.3) is 0 Å². The Bertz CT molecular complexity index is 656. The highest BCUT2D eigenvalue weighted by atomic mass is 35.5. The van der Waals surface area contributed by atoms with Crippen LogP contribution in [0.3, 0.4) is 0 Å². The molecule has 0 amide bonds. The molecular weight excluding hydrogens is 322 g/mol. The zero-order valence-corrected chi connectivity index (χ0v) is 14.9. The molecule has 0 fully saturated rings. The highest BCUT2D eigenvalue weighted by molar-refractivity contribution is 6.30. The maximum Gasteiger partial charge on any atom is 0.191 e. The van der Waals surface area contributed by atoms with Crippen molar-refractivity contribution < 1.29 is 4.74 Å². The van der Waals surface area contributed by atoms with Crippen molar-refractivity contribution in [2.75, 3.05) is 13.7 Å². The molecule has 0 heterocycles. The number of nitrogens with zero attached hydrogens (tertiary/aromatic N) is 1. The number of nitrogens with one attached hydrogen (secondary N) is 2. The molecule has 2 rings (SSSR count). The van der Waals surface area contributed by atoms with Crippen LogP contribution < -0.4 is 10.6 Å². The summed E-state index contributed by atoms with van der Waals surface area (Å²) < 4.78 is 5.13. The Labute approximate surface area is 148 Å². The van der Waals surface area contributed by atoms with Crippen molar-refractivity contribution >= 4 is 17.6 Å². The fourth-order valence-corrected chi connectivity index (χ4v) is 2.47. The van der Waals surface area contributed by atoms with Gasteiger partial charge in [-0.05, 0) is 35.7 Å². The molecule has 5 heteroatoms. The van der Waals surface area contributed by atoms with Gasteiger partial charge in [-0.3, -0.25) is 0 Å². The smallest absolute Gasteiger partial charge is 0.191 e. The maximum atomic E-state index is 6.01. The lowest BCUT2D eigenvalue weighted by Gasteiger charge is -2.12. The van der Waals surface area contributed by atoms with E-state index in [4.69, 9.17) is 16.3 Å². The van der Waals surface area contributed by atoms with Crippen molar-refractivity contribution in [1.29, 1.82) is 0 Å². The molecule has 2 aromatic rings. The summed E-state index contributed by atoms with van der Waals surface area (Å²) in [6.45, 7) is 4.80. The van der Waals surface area contributed by atoms with Gasteiger partial charge in [0.05, 0.1) is 13.2 Å². The number of halogens is 1. The van der Waals surface area contributed by atoms with Crippen LogP contribution in [0.5, 0.6) is 0 Å². The van der Waals surface area contributed by atoms with Crippen molar-refractivity contribution in [3.63, 3.8) is 0 Å². The van der Waals surface area contributed by atoms with Gasteiger partial charge >= 0.3 is 0 Å². The highest BCUT2D eigenvalue weighted by Crippen LogP contribution is 2.11. The van der Waals surface area contributed by atoms with Gasteiger partial charge in [-0.1, -0.05) is 48.0 Å². The number of guanidine groups is 1. The van der Waals surface area contributed by atoms with Gasteiger partial charge in [-0.15, -0.1) is 0 Å². The topological polar surface area (TPSA) is 45.7 Å². The van der Waals surface area contributed by atoms with Crippen LogP contribution >= 0.6 is 11.6 Å². The van der Waals surface area contributed by atoms with E-state index in [9.17, 15) is 0 Å². The molecule has 24 heavy (non-hydrogen) atoms. The normalized spacial score (nSPS) is 11.4. The minimum Gasteiger partial charge on any atom is -0.380 e. The average molecular weight is 346 g/mol. The Kier molecular flexibility index (Phi) is 7.59. The zero-order valence-electron chi connectivity index (χ0n) is 14.2. The SMILES string of the molecule is CCNC(=NCc1cccc(Cl)c1)NCc1ccc(COC)cc1. The molecule has 128 valence electrons. The minimum absolute atomic E-state index is 0.586. The first-order valence-electron chi connectivity index (χ1n) is 8.04. The summed E-state index contributed by atoms with van der Waals surface area (Å²) in [7, 11) is 1.70. The van der Waals surface area contributed by atoms with Crippen LogP contribution in [0.25, 0.3) is 0 Å². The van der Waals surface area contributed by atoms with Crippen LogP contribution in [0.2, 0.25) is 5.02 Å². The molecule has 0 atom stereocenters. The first-order chi connectivity index (χ1) is 11.7. The summed E-state index contributed by atoms with van der Waals surface area (Å²) in [5, 5.41) is 7.34. The molecule has 0 aliphatic heterocycles. The molecule has 2 N–H and O–H groups in total. The average Bonchev–Trinajstić information content (AvgIpc) is 2.59. The highest BCUT2D eigenvalue weighted by Gasteiger charge is 2.00. The summed E-state index contributed by atoms with van der Waals surface area (Å²) in [5.74, 6) is 0.790. The van der Waals surface area contributed by atoms with E-state index in [-0.39, 0.29) is 0 Å². The van der Waals surface area contributed by atoms with E-state index in [0.29, 0.717) is 19.7 Å². The Balaban J connectivity index is 1.93. The molecule has 0 unspecified atom stereocenters. The Morgan fingerprint density at radius 2 is 1.79 bits per heavy atom. The number of aliphatic imine (C=N–C) groups is 1. The molecule has 0 aromatic heterocycles. The molecule has 0 radical (unpaired) electrons. The molecule has 4 nitrogen and oxygen atoms in total. The van der Waals surface area contributed by atoms with Crippen LogP contribution in [0.1, 0.15) is 23.6 Å². The second-order valence-corrected chi connectivity index (χ2v) is 5.86. The zero-order chi connectivity index (χ0) is 17.2. The Morgan fingerprint density at radius 1 is 1.04 bits per heavy atom. The molecule has 0 saturated carbocycles. The first-order valence-corrected chi connectivity index (χ1v) is 8.42. The van der Waals surface area contributed by atoms with E-state index in [0.717, 1.165) is 23.1 Å². The lowest BCUT2D eigenvalue weighted by molar-refractivity contribution is 0.185. The van der Waals surface area contributed by atoms with Crippen LogP contribution in [0, 0.1) is 0 Å². The molecule has 0 aliphatic rings. The molecule has 0 bridgehead atoms. The number of ether oxygens (including phenoxy) is 1. The van der Waals surface area contributed by atoms with Gasteiger partial charge in [0.1, 0.15) is 0 Å². The van der Waals surface area contributed by atoms with Crippen molar-refractivity contribution in [3.8, 4) is 0 Å². The van der Waals surface area contributed by atoms with Gasteiger partial charge in [0, 0.05) is 25.2 Å². The van der Waals surface area contributed by atoms with Crippen LogP contribution in [-0.2, 0) is 24.4 Å². The monoisotopic (exact) mass is 345 g/mol. The van der Waals surface area contributed by atoms with Crippen molar-refractivity contribution in [3.05, 3.63) is 70.2 Å². The van der Waals surface area contributed by atoms with E-state index in [1.54, 1.807) is 7.11 Å². The van der Waals surface area contributed by atoms with Crippen LogP contribution in [0.4, 0.5) is 0 Å².